The van der Waals surface area contributed by atoms with Crippen LogP contribution >= 0.6 is 0 Å². The van der Waals surface area contributed by atoms with Crippen LogP contribution in [0.15, 0.2) is 65.8 Å². The van der Waals surface area contributed by atoms with Crippen molar-refractivity contribution in [2.45, 2.75) is 12.0 Å². The standard InChI is InChI=1S/C22H20N2O3/c1-26-16-10-7-15(8-11-16)18-13-23-24-21(18)22(25)20-17-6-4-3-5-14(17)9-12-19(20)27-2/h3-13,18,21,24H,1-2H3. The van der Waals surface area contributed by atoms with E-state index in [1.807, 2.05) is 60.7 Å². The Bertz CT molecular complexity index is 1010. The van der Waals surface area contributed by atoms with Gasteiger partial charge in [0, 0.05) is 6.21 Å². The molecule has 0 saturated carbocycles. The van der Waals surface area contributed by atoms with Gasteiger partial charge in [-0.25, -0.2) is 0 Å². The number of rotatable bonds is 5. The molecule has 136 valence electrons. The number of Topliss-reactive ketones (excluding diaryl/α,β-unsaturated/α-hetero) is 1. The highest BCUT2D eigenvalue weighted by Crippen LogP contribution is 2.33. The number of ether oxygens (including phenoxy) is 2. The van der Waals surface area contributed by atoms with Gasteiger partial charge in [-0.3, -0.25) is 10.2 Å². The van der Waals surface area contributed by atoms with Gasteiger partial charge >= 0.3 is 0 Å². The van der Waals surface area contributed by atoms with E-state index in [0.717, 1.165) is 22.1 Å². The highest BCUT2D eigenvalue weighted by atomic mass is 16.5. The smallest absolute Gasteiger partial charge is 0.192 e. The number of nitrogens with zero attached hydrogens (tertiary/aromatic N) is 1. The predicted molar refractivity (Wildman–Crippen MR) is 106 cm³/mol. The van der Waals surface area contributed by atoms with Crippen LogP contribution in [0.25, 0.3) is 10.8 Å². The molecule has 5 heteroatoms. The van der Waals surface area contributed by atoms with Gasteiger partial charge < -0.3 is 9.47 Å². The lowest BCUT2D eigenvalue weighted by Gasteiger charge is -2.20. The third-order valence-corrected chi connectivity index (χ3v) is 4.95. The molecule has 0 aromatic heterocycles. The molecule has 4 rings (SSSR count). The van der Waals surface area contributed by atoms with Gasteiger partial charge in [-0.2, -0.15) is 5.10 Å². The summed E-state index contributed by atoms with van der Waals surface area (Å²) < 4.78 is 10.7. The summed E-state index contributed by atoms with van der Waals surface area (Å²) in [6.07, 6.45) is 1.78. The van der Waals surface area contributed by atoms with E-state index in [2.05, 4.69) is 10.5 Å². The normalized spacial score (nSPS) is 18.3. The molecule has 0 fully saturated rings. The van der Waals surface area contributed by atoms with Crippen LogP contribution in [0.5, 0.6) is 11.5 Å². The molecule has 0 bridgehead atoms. The van der Waals surface area contributed by atoms with Crippen LogP contribution in [0.3, 0.4) is 0 Å². The lowest BCUT2D eigenvalue weighted by Crippen LogP contribution is -2.35. The largest absolute Gasteiger partial charge is 0.497 e. The number of hydrogen-bond donors (Lipinski definition) is 1. The number of hydrazone groups is 1. The minimum absolute atomic E-state index is 0.0398. The maximum Gasteiger partial charge on any atom is 0.192 e. The summed E-state index contributed by atoms with van der Waals surface area (Å²) in [6.45, 7) is 0. The Morgan fingerprint density at radius 2 is 1.74 bits per heavy atom. The summed E-state index contributed by atoms with van der Waals surface area (Å²) in [4.78, 5) is 13.5. The van der Waals surface area contributed by atoms with Crippen LogP contribution in [-0.4, -0.2) is 32.3 Å². The first kappa shape index (κ1) is 17.1. The molecule has 0 spiro atoms. The number of ketones is 1. The third-order valence-electron chi connectivity index (χ3n) is 4.95. The molecule has 1 heterocycles. The van der Waals surface area contributed by atoms with Crippen molar-refractivity contribution >= 4 is 22.8 Å². The Morgan fingerprint density at radius 1 is 0.963 bits per heavy atom. The van der Waals surface area contributed by atoms with Gasteiger partial charge in [-0.1, -0.05) is 42.5 Å². The first-order chi connectivity index (χ1) is 13.2. The second-order valence-electron chi connectivity index (χ2n) is 6.41. The Labute approximate surface area is 157 Å². The topological polar surface area (TPSA) is 59.9 Å². The zero-order chi connectivity index (χ0) is 18.8. The maximum absolute atomic E-state index is 13.5. The van der Waals surface area contributed by atoms with Crippen molar-refractivity contribution in [2.24, 2.45) is 5.10 Å². The maximum atomic E-state index is 13.5. The number of carbonyl (C=O) groups is 1. The molecule has 1 N–H and O–H groups in total. The predicted octanol–water partition coefficient (Wildman–Crippen LogP) is 3.78. The molecule has 1 aliphatic rings. The van der Waals surface area contributed by atoms with Crippen molar-refractivity contribution < 1.29 is 14.3 Å². The molecule has 2 unspecified atom stereocenters. The van der Waals surface area contributed by atoms with Gasteiger partial charge in [0.2, 0.25) is 0 Å². The molecule has 0 aliphatic carbocycles. The molecule has 0 radical (unpaired) electrons. The van der Waals surface area contributed by atoms with Crippen LogP contribution in [0, 0.1) is 0 Å². The molecule has 5 nitrogen and oxygen atoms in total. The summed E-state index contributed by atoms with van der Waals surface area (Å²) in [5.74, 6) is 1.15. The average molecular weight is 360 g/mol. The van der Waals surface area contributed by atoms with Crippen molar-refractivity contribution in [3.05, 3.63) is 71.8 Å². The van der Waals surface area contributed by atoms with Crippen molar-refractivity contribution in [1.29, 1.82) is 0 Å². The van der Waals surface area contributed by atoms with E-state index >= 15 is 0 Å². The highest BCUT2D eigenvalue weighted by Gasteiger charge is 2.34. The molecular formula is C22H20N2O3. The Hall–Kier alpha value is -3.34. The number of nitrogens with one attached hydrogen (secondary N) is 1. The SMILES string of the molecule is COc1ccc(C2C=NNC2C(=O)c2c(OC)ccc3ccccc23)cc1. The number of hydrogen-bond acceptors (Lipinski definition) is 5. The van der Waals surface area contributed by atoms with E-state index in [-0.39, 0.29) is 11.7 Å². The minimum atomic E-state index is -0.488. The van der Waals surface area contributed by atoms with E-state index in [0.29, 0.717) is 11.3 Å². The molecule has 3 aromatic rings. The summed E-state index contributed by atoms with van der Waals surface area (Å²) >= 11 is 0. The Balaban J connectivity index is 1.75. The van der Waals surface area contributed by atoms with Crippen molar-refractivity contribution in [3.63, 3.8) is 0 Å². The number of benzene rings is 3. The molecule has 2 atom stereocenters. The zero-order valence-electron chi connectivity index (χ0n) is 15.2. The van der Waals surface area contributed by atoms with Crippen LogP contribution in [-0.2, 0) is 0 Å². The first-order valence-corrected chi connectivity index (χ1v) is 8.75. The van der Waals surface area contributed by atoms with Crippen molar-refractivity contribution in [1.82, 2.24) is 5.43 Å². The van der Waals surface area contributed by atoms with E-state index in [9.17, 15) is 4.79 Å². The van der Waals surface area contributed by atoms with Gasteiger partial charge in [0.1, 0.15) is 17.5 Å². The van der Waals surface area contributed by atoms with Crippen molar-refractivity contribution in [3.8, 4) is 11.5 Å². The molecular weight excluding hydrogens is 340 g/mol. The third kappa shape index (κ3) is 3.01. The molecule has 27 heavy (non-hydrogen) atoms. The molecule has 0 amide bonds. The van der Waals surface area contributed by atoms with E-state index < -0.39 is 6.04 Å². The van der Waals surface area contributed by atoms with Crippen LogP contribution < -0.4 is 14.9 Å². The van der Waals surface area contributed by atoms with Gasteiger partial charge in [0.15, 0.2) is 5.78 Å². The number of carbonyl (C=O) groups excluding carboxylic acids is 1. The fourth-order valence-corrected chi connectivity index (χ4v) is 3.53. The highest BCUT2D eigenvalue weighted by molar-refractivity contribution is 6.14. The van der Waals surface area contributed by atoms with Crippen LogP contribution in [0.1, 0.15) is 21.8 Å². The number of fused-ring (bicyclic) bond motifs is 1. The second kappa shape index (κ2) is 7.11. The Kier molecular flexibility index (Phi) is 4.50. The first-order valence-electron chi connectivity index (χ1n) is 8.75. The zero-order valence-corrected chi connectivity index (χ0v) is 15.2. The minimum Gasteiger partial charge on any atom is -0.497 e. The average Bonchev–Trinajstić information content (AvgIpc) is 3.22. The van der Waals surface area contributed by atoms with Crippen molar-refractivity contribution in [2.75, 3.05) is 14.2 Å². The van der Waals surface area contributed by atoms with Gasteiger partial charge in [0.25, 0.3) is 0 Å². The van der Waals surface area contributed by atoms with Crippen LogP contribution in [0.4, 0.5) is 0 Å². The summed E-state index contributed by atoms with van der Waals surface area (Å²) in [5.41, 5.74) is 4.56. The van der Waals surface area contributed by atoms with Gasteiger partial charge in [-0.15, -0.1) is 0 Å². The second-order valence-corrected chi connectivity index (χ2v) is 6.41. The summed E-state index contributed by atoms with van der Waals surface area (Å²) in [7, 11) is 3.22. The van der Waals surface area contributed by atoms with Gasteiger partial charge in [0.05, 0.1) is 25.7 Å². The van der Waals surface area contributed by atoms with E-state index in [1.165, 1.54) is 0 Å². The summed E-state index contributed by atoms with van der Waals surface area (Å²) in [6, 6.07) is 18.8. The quantitative estimate of drug-likeness (QED) is 0.704. The fourth-order valence-electron chi connectivity index (χ4n) is 3.53. The summed E-state index contributed by atoms with van der Waals surface area (Å²) in [5, 5.41) is 6.06. The van der Waals surface area contributed by atoms with E-state index in [1.54, 1.807) is 20.4 Å². The van der Waals surface area contributed by atoms with Crippen LogP contribution in [0.2, 0.25) is 0 Å². The fraction of sp³-hybridized carbons (Fsp3) is 0.182. The lowest BCUT2D eigenvalue weighted by molar-refractivity contribution is 0.0943. The molecule has 1 aliphatic heterocycles. The van der Waals surface area contributed by atoms with E-state index in [4.69, 9.17) is 9.47 Å². The lowest BCUT2D eigenvalue weighted by atomic mass is 9.87. The van der Waals surface area contributed by atoms with Gasteiger partial charge in [-0.05, 0) is 34.5 Å². The Morgan fingerprint density at radius 3 is 2.48 bits per heavy atom. The molecule has 3 aromatic carbocycles. The number of methoxy groups -OCH3 is 2. The monoisotopic (exact) mass is 360 g/mol. The molecule has 0 saturated heterocycles.